The molecule has 0 saturated heterocycles. The van der Waals surface area contributed by atoms with E-state index in [0.717, 1.165) is 12.8 Å². The van der Waals surface area contributed by atoms with Gasteiger partial charge in [-0.05, 0) is 30.7 Å². The minimum Gasteiger partial charge on any atom is -0.441 e. The van der Waals surface area contributed by atoms with Crippen LogP contribution in [0, 0.1) is 0 Å². The van der Waals surface area contributed by atoms with E-state index in [1.807, 2.05) is 24.3 Å². The molecule has 2 aromatic carbocycles. The Kier molecular flexibility index (Phi) is 6.36. The molecule has 4 nitrogen and oxygen atoms in total. The van der Waals surface area contributed by atoms with Crippen molar-refractivity contribution in [3.05, 3.63) is 71.8 Å². The highest BCUT2D eigenvalue weighted by Crippen LogP contribution is 2.08. The first-order valence-electron chi connectivity index (χ1n) is 7.79. The van der Waals surface area contributed by atoms with E-state index in [4.69, 9.17) is 4.74 Å². The number of unbranched alkanes of at least 4 members (excludes halogenated alkanes) is 1. The molecule has 120 valence electrons. The average Bonchev–Trinajstić information content (AvgIpc) is 2.62. The number of esters is 1. The largest absolute Gasteiger partial charge is 0.441 e. The van der Waals surface area contributed by atoms with Gasteiger partial charge in [0.15, 0.2) is 6.73 Å². The molecule has 0 saturated carbocycles. The smallest absolute Gasteiger partial charge is 0.339 e. The molecule has 0 N–H and O–H groups in total. The van der Waals surface area contributed by atoms with Crippen LogP contribution in [0.1, 0.15) is 40.5 Å². The van der Waals surface area contributed by atoms with E-state index in [0.29, 0.717) is 17.7 Å². The highest BCUT2D eigenvalue weighted by atomic mass is 16.5. The number of carbonyl (C=O) groups excluding carboxylic acids is 2. The van der Waals surface area contributed by atoms with Gasteiger partial charge in [0.25, 0.3) is 5.91 Å². The molecule has 2 rings (SSSR count). The lowest BCUT2D eigenvalue weighted by Crippen LogP contribution is -2.35. The number of hydrogen-bond acceptors (Lipinski definition) is 3. The van der Waals surface area contributed by atoms with Gasteiger partial charge in [-0.2, -0.15) is 0 Å². The molecule has 1 amide bonds. The van der Waals surface area contributed by atoms with Crippen LogP contribution in [0.15, 0.2) is 60.7 Å². The Labute approximate surface area is 136 Å². The molecule has 0 atom stereocenters. The minimum absolute atomic E-state index is 0.0402. The van der Waals surface area contributed by atoms with E-state index < -0.39 is 5.97 Å². The van der Waals surface area contributed by atoms with E-state index in [9.17, 15) is 9.59 Å². The van der Waals surface area contributed by atoms with Crippen LogP contribution in [-0.2, 0) is 4.74 Å². The third-order valence-electron chi connectivity index (χ3n) is 3.45. The lowest BCUT2D eigenvalue weighted by atomic mass is 10.2. The van der Waals surface area contributed by atoms with Crippen molar-refractivity contribution >= 4 is 11.9 Å². The molecule has 0 aliphatic carbocycles. The fourth-order valence-electron chi connectivity index (χ4n) is 2.13. The van der Waals surface area contributed by atoms with Gasteiger partial charge in [-0.15, -0.1) is 0 Å². The van der Waals surface area contributed by atoms with Crippen LogP contribution in [0.2, 0.25) is 0 Å². The summed E-state index contributed by atoms with van der Waals surface area (Å²) in [7, 11) is 0. The summed E-state index contributed by atoms with van der Waals surface area (Å²) in [5, 5.41) is 0. The highest BCUT2D eigenvalue weighted by Gasteiger charge is 2.17. The third-order valence-corrected chi connectivity index (χ3v) is 3.45. The predicted octanol–water partition coefficient (Wildman–Crippen LogP) is 3.74. The van der Waals surface area contributed by atoms with Gasteiger partial charge in [-0.3, -0.25) is 4.79 Å². The van der Waals surface area contributed by atoms with Crippen LogP contribution in [-0.4, -0.2) is 30.1 Å². The normalized spacial score (nSPS) is 10.1. The summed E-state index contributed by atoms with van der Waals surface area (Å²) >= 11 is 0. The Morgan fingerprint density at radius 3 is 2.04 bits per heavy atom. The molecule has 4 heteroatoms. The van der Waals surface area contributed by atoms with Gasteiger partial charge >= 0.3 is 5.97 Å². The van der Waals surface area contributed by atoms with Crippen LogP contribution in [0.4, 0.5) is 0 Å². The summed E-state index contributed by atoms with van der Waals surface area (Å²) in [6.45, 7) is 2.58. The van der Waals surface area contributed by atoms with E-state index >= 15 is 0 Å². The van der Waals surface area contributed by atoms with Crippen molar-refractivity contribution in [2.45, 2.75) is 19.8 Å². The van der Waals surface area contributed by atoms with E-state index in [2.05, 4.69) is 6.92 Å². The Hall–Kier alpha value is -2.62. The van der Waals surface area contributed by atoms with Gasteiger partial charge in [0.05, 0.1) is 5.56 Å². The molecular weight excluding hydrogens is 290 g/mol. The molecule has 0 bridgehead atoms. The van der Waals surface area contributed by atoms with E-state index in [-0.39, 0.29) is 12.6 Å². The molecule has 0 aliphatic heterocycles. The van der Waals surface area contributed by atoms with Crippen molar-refractivity contribution in [2.24, 2.45) is 0 Å². The van der Waals surface area contributed by atoms with Crippen LogP contribution < -0.4 is 0 Å². The lowest BCUT2D eigenvalue weighted by Gasteiger charge is -2.22. The molecule has 0 aromatic heterocycles. The second kappa shape index (κ2) is 8.73. The first-order chi connectivity index (χ1) is 11.2. The lowest BCUT2D eigenvalue weighted by molar-refractivity contribution is 0.0206. The molecule has 0 radical (unpaired) electrons. The highest BCUT2D eigenvalue weighted by molar-refractivity contribution is 5.94. The van der Waals surface area contributed by atoms with Crippen molar-refractivity contribution in [1.29, 1.82) is 0 Å². The molecule has 0 unspecified atom stereocenters. The summed E-state index contributed by atoms with van der Waals surface area (Å²) in [4.78, 5) is 26.1. The maximum absolute atomic E-state index is 12.5. The number of benzene rings is 2. The fourth-order valence-corrected chi connectivity index (χ4v) is 2.13. The van der Waals surface area contributed by atoms with Gasteiger partial charge in [0.1, 0.15) is 0 Å². The van der Waals surface area contributed by atoms with Gasteiger partial charge in [0, 0.05) is 12.1 Å². The predicted molar refractivity (Wildman–Crippen MR) is 89.1 cm³/mol. The second-order valence-corrected chi connectivity index (χ2v) is 5.22. The first-order valence-corrected chi connectivity index (χ1v) is 7.79. The van der Waals surface area contributed by atoms with Crippen LogP contribution in [0.25, 0.3) is 0 Å². The quantitative estimate of drug-likeness (QED) is 0.578. The molecule has 2 aromatic rings. The molecule has 0 aliphatic rings. The maximum atomic E-state index is 12.5. The van der Waals surface area contributed by atoms with E-state index in [1.165, 1.54) is 0 Å². The molecule has 23 heavy (non-hydrogen) atoms. The summed E-state index contributed by atoms with van der Waals surface area (Å²) < 4.78 is 5.30. The number of ether oxygens (including phenoxy) is 1. The van der Waals surface area contributed by atoms with Crippen molar-refractivity contribution in [1.82, 2.24) is 4.90 Å². The van der Waals surface area contributed by atoms with Crippen LogP contribution in [0.3, 0.4) is 0 Å². The van der Waals surface area contributed by atoms with Gasteiger partial charge < -0.3 is 9.64 Å². The maximum Gasteiger partial charge on any atom is 0.339 e. The summed E-state index contributed by atoms with van der Waals surface area (Å²) in [5.41, 5.74) is 1.08. The standard InChI is InChI=1S/C19H21NO3/c1-2-3-14-20(18(21)16-10-6-4-7-11-16)15-23-19(22)17-12-8-5-9-13-17/h4-13H,2-3,14-15H2,1H3. The Bertz CT molecular complexity index is 626. The minimum atomic E-state index is -0.423. The van der Waals surface area contributed by atoms with Gasteiger partial charge in [-0.1, -0.05) is 49.7 Å². The summed E-state index contributed by atoms with van der Waals surface area (Å²) in [6, 6.07) is 17.8. The SMILES string of the molecule is CCCCN(COC(=O)c1ccccc1)C(=O)c1ccccc1. The third kappa shape index (κ3) is 4.95. The van der Waals surface area contributed by atoms with Crippen molar-refractivity contribution in [2.75, 3.05) is 13.3 Å². The zero-order valence-electron chi connectivity index (χ0n) is 13.3. The number of carbonyl (C=O) groups is 2. The van der Waals surface area contributed by atoms with Crippen LogP contribution in [0.5, 0.6) is 0 Å². The van der Waals surface area contributed by atoms with Gasteiger partial charge in [0.2, 0.25) is 0 Å². The number of rotatable bonds is 7. The van der Waals surface area contributed by atoms with Crippen molar-refractivity contribution in [3.63, 3.8) is 0 Å². The van der Waals surface area contributed by atoms with Gasteiger partial charge in [-0.25, -0.2) is 4.79 Å². The summed E-state index contributed by atoms with van der Waals surface area (Å²) in [6.07, 6.45) is 1.83. The van der Waals surface area contributed by atoms with E-state index in [1.54, 1.807) is 41.3 Å². The molecule has 0 fully saturated rings. The first kappa shape index (κ1) is 16.7. The zero-order valence-corrected chi connectivity index (χ0v) is 13.3. The number of nitrogens with zero attached hydrogens (tertiary/aromatic N) is 1. The van der Waals surface area contributed by atoms with Crippen molar-refractivity contribution < 1.29 is 14.3 Å². The summed E-state index contributed by atoms with van der Waals surface area (Å²) in [5.74, 6) is -0.548. The molecule has 0 heterocycles. The molecule has 0 spiro atoms. The Morgan fingerprint density at radius 1 is 0.913 bits per heavy atom. The topological polar surface area (TPSA) is 46.6 Å². The zero-order chi connectivity index (χ0) is 16.5. The second-order valence-electron chi connectivity index (χ2n) is 5.22. The average molecular weight is 311 g/mol. The Balaban J connectivity index is 2.01. The monoisotopic (exact) mass is 311 g/mol. The Morgan fingerprint density at radius 2 is 1.48 bits per heavy atom. The van der Waals surface area contributed by atoms with Crippen molar-refractivity contribution in [3.8, 4) is 0 Å². The molecular formula is C19H21NO3. The fraction of sp³-hybridized carbons (Fsp3) is 0.263. The number of hydrogen-bond donors (Lipinski definition) is 0. The van der Waals surface area contributed by atoms with Crippen LogP contribution >= 0.6 is 0 Å². The number of amides is 1.